The van der Waals surface area contributed by atoms with Crippen molar-refractivity contribution in [3.8, 4) is 11.5 Å². The highest BCUT2D eigenvalue weighted by Gasteiger charge is 2.27. The molecule has 0 fully saturated rings. The summed E-state index contributed by atoms with van der Waals surface area (Å²) in [5.41, 5.74) is 3.80. The van der Waals surface area contributed by atoms with E-state index in [4.69, 9.17) is 9.26 Å². The van der Waals surface area contributed by atoms with E-state index in [0.717, 1.165) is 27.4 Å². The molecule has 1 aromatic carbocycles. The molecule has 1 amide bonds. The van der Waals surface area contributed by atoms with Crippen LogP contribution in [0.2, 0.25) is 0 Å². The summed E-state index contributed by atoms with van der Waals surface area (Å²) in [6.45, 7) is 9.42. The summed E-state index contributed by atoms with van der Waals surface area (Å²) in [5, 5.41) is 7.68. The Morgan fingerprint density at radius 3 is 2.61 bits per heavy atom. The van der Waals surface area contributed by atoms with Crippen LogP contribution in [0, 0.1) is 6.92 Å². The monoisotopic (exact) mass is 397 g/mol. The molecule has 1 aliphatic rings. The van der Waals surface area contributed by atoms with E-state index in [2.05, 4.69) is 36.2 Å². The molecule has 2 aromatic heterocycles. The molecule has 0 saturated carbocycles. The first-order chi connectivity index (χ1) is 13.3. The van der Waals surface area contributed by atoms with Gasteiger partial charge in [0.15, 0.2) is 5.82 Å². The molecule has 6 nitrogen and oxygen atoms in total. The average Bonchev–Trinajstić information content (AvgIpc) is 3.23. The van der Waals surface area contributed by atoms with Crippen molar-refractivity contribution in [3.63, 3.8) is 0 Å². The summed E-state index contributed by atoms with van der Waals surface area (Å²) in [7, 11) is 0. The number of aryl methyl sites for hydroxylation is 1. The molecular weight excluding hydrogens is 374 g/mol. The molecule has 0 saturated heterocycles. The number of hydrogen-bond acceptors (Lipinski definition) is 6. The van der Waals surface area contributed by atoms with Crippen molar-refractivity contribution in [3.05, 3.63) is 51.7 Å². The summed E-state index contributed by atoms with van der Waals surface area (Å²) >= 11 is 1.51. The molecule has 1 N–H and O–H groups in total. The number of thiophene rings is 1. The minimum atomic E-state index is -0.155. The second kappa shape index (κ2) is 7.14. The third kappa shape index (κ3) is 3.59. The first-order valence-corrected chi connectivity index (χ1v) is 10.1. The third-order valence-corrected chi connectivity index (χ3v) is 5.92. The predicted octanol–water partition coefficient (Wildman–Crippen LogP) is 4.73. The predicted molar refractivity (Wildman–Crippen MR) is 109 cm³/mol. The van der Waals surface area contributed by atoms with Crippen LogP contribution in [0.3, 0.4) is 0 Å². The summed E-state index contributed by atoms with van der Waals surface area (Å²) in [5.74, 6) is 0.852. The van der Waals surface area contributed by atoms with Crippen LogP contribution in [-0.2, 0) is 23.2 Å². The summed E-state index contributed by atoms with van der Waals surface area (Å²) in [4.78, 5) is 18.3. The van der Waals surface area contributed by atoms with Crippen molar-refractivity contribution < 1.29 is 14.1 Å². The van der Waals surface area contributed by atoms with Crippen LogP contribution in [0.1, 0.15) is 53.0 Å². The van der Waals surface area contributed by atoms with E-state index in [9.17, 15) is 4.79 Å². The molecule has 0 atom stereocenters. The number of carbonyl (C=O) groups excluding carboxylic acids is 1. The number of rotatable bonds is 3. The Bertz CT molecular complexity index is 1010. The molecule has 3 heterocycles. The van der Waals surface area contributed by atoms with Gasteiger partial charge in [0.05, 0.1) is 18.8 Å². The number of amides is 1. The Morgan fingerprint density at radius 1 is 1.21 bits per heavy atom. The van der Waals surface area contributed by atoms with Crippen LogP contribution in [0.4, 0.5) is 5.00 Å². The quantitative estimate of drug-likeness (QED) is 0.691. The van der Waals surface area contributed by atoms with Crippen molar-refractivity contribution in [1.29, 1.82) is 0 Å². The fraction of sp³-hybridized carbons (Fsp3) is 0.381. The largest absolute Gasteiger partial charge is 0.376 e. The second-order valence-corrected chi connectivity index (χ2v) is 9.04. The Hall–Kier alpha value is -2.51. The maximum Gasteiger partial charge on any atom is 0.261 e. The SMILES string of the molecule is Cc1noc(-c2c(NC(=O)c3ccc(C(C)(C)C)cc3)sc3c2CCOC3)n1. The van der Waals surface area contributed by atoms with E-state index in [1.165, 1.54) is 16.9 Å². The molecule has 4 rings (SSSR count). The first-order valence-electron chi connectivity index (χ1n) is 9.28. The maximum absolute atomic E-state index is 12.9. The smallest absolute Gasteiger partial charge is 0.261 e. The van der Waals surface area contributed by atoms with Gasteiger partial charge in [-0.2, -0.15) is 4.98 Å². The highest BCUT2D eigenvalue weighted by molar-refractivity contribution is 7.17. The zero-order valence-corrected chi connectivity index (χ0v) is 17.3. The third-order valence-electron chi connectivity index (χ3n) is 4.80. The van der Waals surface area contributed by atoms with Gasteiger partial charge in [0.1, 0.15) is 5.00 Å². The van der Waals surface area contributed by atoms with Gasteiger partial charge >= 0.3 is 0 Å². The highest BCUT2D eigenvalue weighted by Crippen LogP contribution is 2.42. The molecular formula is C21H23N3O3S. The number of benzene rings is 1. The van der Waals surface area contributed by atoms with E-state index in [0.29, 0.717) is 30.5 Å². The summed E-state index contributed by atoms with van der Waals surface area (Å²) in [6, 6.07) is 7.74. The van der Waals surface area contributed by atoms with Gasteiger partial charge in [0.2, 0.25) is 0 Å². The summed E-state index contributed by atoms with van der Waals surface area (Å²) in [6.07, 6.45) is 0.763. The molecule has 0 radical (unpaired) electrons. The fourth-order valence-corrected chi connectivity index (χ4v) is 4.41. The number of nitrogens with zero attached hydrogens (tertiary/aromatic N) is 2. The van der Waals surface area contributed by atoms with Gasteiger partial charge < -0.3 is 14.6 Å². The molecule has 28 heavy (non-hydrogen) atoms. The van der Waals surface area contributed by atoms with Gasteiger partial charge in [-0.05, 0) is 42.0 Å². The molecule has 0 aliphatic carbocycles. The summed E-state index contributed by atoms with van der Waals surface area (Å²) < 4.78 is 11.0. The van der Waals surface area contributed by atoms with Crippen LogP contribution in [-0.4, -0.2) is 22.7 Å². The van der Waals surface area contributed by atoms with Crippen LogP contribution in [0.15, 0.2) is 28.8 Å². The average molecular weight is 398 g/mol. The van der Waals surface area contributed by atoms with Crippen molar-refractivity contribution in [2.45, 2.75) is 46.1 Å². The minimum absolute atomic E-state index is 0.0464. The Kier molecular flexibility index (Phi) is 4.81. The normalized spacial score (nSPS) is 14.0. The molecule has 146 valence electrons. The van der Waals surface area contributed by atoms with Crippen molar-refractivity contribution in [2.75, 3.05) is 11.9 Å². The van der Waals surface area contributed by atoms with Gasteiger partial charge in [0.25, 0.3) is 11.8 Å². The van der Waals surface area contributed by atoms with Crippen molar-refractivity contribution in [2.24, 2.45) is 0 Å². The highest BCUT2D eigenvalue weighted by atomic mass is 32.1. The Morgan fingerprint density at radius 2 is 1.96 bits per heavy atom. The van der Waals surface area contributed by atoms with E-state index in [-0.39, 0.29) is 11.3 Å². The molecule has 0 bridgehead atoms. The van der Waals surface area contributed by atoms with Gasteiger partial charge in [0, 0.05) is 10.4 Å². The van der Waals surface area contributed by atoms with E-state index >= 15 is 0 Å². The zero-order chi connectivity index (χ0) is 19.9. The molecule has 0 unspecified atom stereocenters. The minimum Gasteiger partial charge on any atom is -0.376 e. The Balaban J connectivity index is 1.66. The van der Waals surface area contributed by atoms with Crippen molar-refractivity contribution in [1.82, 2.24) is 10.1 Å². The number of ether oxygens (including phenoxy) is 1. The van der Waals surface area contributed by atoms with Crippen LogP contribution >= 0.6 is 11.3 Å². The lowest BCUT2D eigenvalue weighted by atomic mass is 9.87. The van der Waals surface area contributed by atoms with Crippen LogP contribution in [0.5, 0.6) is 0 Å². The van der Waals surface area contributed by atoms with E-state index in [1.807, 2.05) is 24.3 Å². The second-order valence-electron chi connectivity index (χ2n) is 7.94. The molecule has 0 spiro atoms. The molecule has 7 heteroatoms. The van der Waals surface area contributed by atoms with E-state index < -0.39 is 0 Å². The van der Waals surface area contributed by atoms with Gasteiger partial charge in [-0.25, -0.2) is 0 Å². The van der Waals surface area contributed by atoms with E-state index in [1.54, 1.807) is 6.92 Å². The number of nitrogens with one attached hydrogen (secondary N) is 1. The zero-order valence-electron chi connectivity index (χ0n) is 16.5. The standard InChI is InChI=1S/C21H23N3O3S/c1-12-22-19(27-24-12)17-15-9-10-26-11-16(15)28-20(17)23-18(25)13-5-7-14(8-6-13)21(2,3)4/h5-8H,9-11H2,1-4H3,(H,23,25). The fourth-order valence-electron chi connectivity index (χ4n) is 3.24. The lowest BCUT2D eigenvalue weighted by Gasteiger charge is -2.19. The van der Waals surface area contributed by atoms with Gasteiger partial charge in [-0.1, -0.05) is 38.1 Å². The lowest BCUT2D eigenvalue weighted by Crippen LogP contribution is -2.14. The maximum atomic E-state index is 12.9. The topological polar surface area (TPSA) is 77.2 Å². The number of carbonyl (C=O) groups is 1. The molecule has 1 aliphatic heterocycles. The number of anilines is 1. The Labute approximate surface area is 167 Å². The number of hydrogen-bond donors (Lipinski definition) is 1. The first kappa shape index (κ1) is 18.8. The number of fused-ring (bicyclic) bond motifs is 1. The van der Waals surface area contributed by atoms with Gasteiger partial charge in [-0.3, -0.25) is 4.79 Å². The van der Waals surface area contributed by atoms with Crippen LogP contribution in [0.25, 0.3) is 11.5 Å². The van der Waals surface area contributed by atoms with Crippen LogP contribution < -0.4 is 5.32 Å². The van der Waals surface area contributed by atoms with Crippen molar-refractivity contribution >= 4 is 22.2 Å². The van der Waals surface area contributed by atoms with Gasteiger partial charge in [-0.15, -0.1) is 11.3 Å². The number of aromatic nitrogens is 2. The molecule has 3 aromatic rings. The lowest BCUT2D eigenvalue weighted by molar-refractivity contribution is 0.102.